The van der Waals surface area contributed by atoms with E-state index in [0.29, 0.717) is 12.3 Å². The van der Waals surface area contributed by atoms with Crippen molar-refractivity contribution in [1.29, 1.82) is 0 Å². The van der Waals surface area contributed by atoms with Crippen LogP contribution in [0.15, 0.2) is 10.1 Å². The van der Waals surface area contributed by atoms with Crippen LogP contribution in [-0.2, 0) is 0 Å². The highest BCUT2D eigenvalue weighted by molar-refractivity contribution is 6.41. The van der Waals surface area contributed by atoms with E-state index in [1.54, 1.807) is 6.92 Å². The SMILES string of the molecule is CCC(=NCC(C)(C)N)/C(C)=N/O. The summed E-state index contributed by atoms with van der Waals surface area (Å²) in [6.07, 6.45) is 0.756. The van der Waals surface area contributed by atoms with Crippen molar-refractivity contribution in [2.75, 3.05) is 6.54 Å². The number of nitrogens with two attached hydrogens (primary N) is 1. The van der Waals surface area contributed by atoms with E-state index in [4.69, 9.17) is 10.9 Å². The van der Waals surface area contributed by atoms with Crippen molar-refractivity contribution in [3.8, 4) is 0 Å². The van der Waals surface area contributed by atoms with Gasteiger partial charge in [-0.3, -0.25) is 4.99 Å². The second-order valence-corrected chi connectivity index (χ2v) is 3.79. The fraction of sp³-hybridized carbons (Fsp3) is 0.778. The molecule has 4 heteroatoms. The van der Waals surface area contributed by atoms with Crippen LogP contribution >= 0.6 is 0 Å². The Labute approximate surface area is 79.5 Å². The molecule has 0 spiro atoms. The van der Waals surface area contributed by atoms with Crippen LogP contribution in [0.2, 0.25) is 0 Å². The fourth-order valence-electron chi connectivity index (χ4n) is 0.839. The molecule has 0 fully saturated rings. The van der Waals surface area contributed by atoms with Crippen LogP contribution in [-0.4, -0.2) is 28.7 Å². The van der Waals surface area contributed by atoms with Gasteiger partial charge < -0.3 is 10.9 Å². The Morgan fingerprint density at radius 1 is 1.46 bits per heavy atom. The summed E-state index contributed by atoms with van der Waals surface area (Å²) < 4.78 is 0. The molecule has 0 saturated heterocycles. The van der Waals surface area contributed by atoms with Crippen LogP contribution in [0, 0.1) is 0 Å². The summed E-state index contributed by atoms with van der Waals surface area (Å²) >= 11 is 0. The van der Waals surface area contributed by atoms with Gasteiger partial charge in [-0.25, -0.2) is 0 Å². The summed E-state index contributed by atoms with van der Waals surface area (Å²) in [6.45, 7) is 8.07. The van der Waals surface area contributed by atoms with Gasteiger partial charge in [-0.15, -0.1) is 0 Å². The lowest BCUT2D eigenvalue weighted by molar-refractivity contribution is 0.319. The maximum Gasteiger partial charge on any atom is 0.0974 e. The number of hydrogen-bond acceptors (Lipinski definition) is 4. The Morgan fingerprint density at radius 3 is 2.31 bits per heavy atom. The lowest BCUT2D eigenvalue weighted by atomic mass is 10.1. The van der Waals surface area contributed by atoms with Gasteiger partial charge in [0, 0.05) is 5.54 Å². The predicted molar refractivity (Wildman–Crippen MR) is 55.8 cm³/mol. The summed E-state index contributed by atoms with van der Waals surface area (Å²) in [5, 5.41) is 11.6. The van der Waals surface area contributed by atoms with Gasteiger partial charge in [0.2, 0.25) is 0 Å². The number of aliphatic imine (C=N–C) groups is 1. The van der Waals surface area contributed by atoms with Crippen molar-refractivity contribution in [3.63, 3.8) is 0 Å². The molecule has 0 aliphatic carbocycles. The van der Waals surface area contributed by atoms with Gasteiger partial charge >= 0.3 is 0 Å². The maximum absolute atomic E-state index is 8.54. The Bertz CT molecular complexity index is 213. The Balaban J connectivity index is 4.42. The number of hydrogen-bond donors (Lipinski definition) is 2. The lowest BCUT2D eigenvalue weighted by Crippen LogP contribution is -2.36. The molecule has 0 aromatic carbocycles. The predicted octanol–water partition coefficient (Wildman–Crippen LogP) is 1.42. The van der Waals surface area contributed by atoms with E-state index in [9.17, 15) is 0 Å². The largest absolute Gasteiger partial charge is 0.411 e. The van der Waals surface area contributed by atoms with Crippen molar-refractivity contribution in [2.45, 2.75) is 39.7 Å². The topological polar surface area (TPSA) is 71.0 Å². The zero-order chi connectivity index (χ0) is 10.5. The fourth-order valence-corrected chi connectivity index (χ4v) is 0.839. The molecule has 0 aromatic heterocycles. The van der Waals surface area contributed by atoms with E-state index in [0.717, 1.165) is 12.1 Å². The van der Waals surface area contributed by atoms with Gasteiger partial charge in [-0.2, -0.15) is 0 Å². The first kappa shape index (κ1) is 12.1. The van der Waals surface area contributed by atoms with Crippen LogP contribution in [0.3, 0.4) is 0 Å². The van der Waals surface area contributed by atoms with E-state index < -0.39 is 0 Å². The molecule has 13 heavy (non-hydrogen) atoms. The molecule has 0 atom stereocenters. The first-order valence-corrected chi connectivity index (χ1v) is 4.42. The van der Waals surface area contributed by atoms with Gasteiger partial charge in [0.25, 0.3) is 0 Å². The second-order valence-electron chi connectivity index (χ2n) is 3.79. The average Bonchev–Trinajstić information content (AvgIpc) is 2.03. The Hall–Kier alpha value is -0.900. The van der Waals surface area contributed by atoms with Gasteiger partial charge in [0.1, 0.15) is 0 Å². The van der Waals surface area contributed by atoms with Crippen LogP contribution in [0.4, 0.5) is 0 Å². The molecule has 0 heterocycles. The van der Waals surface area contributed by atoms with Gasteiger partial charge in [0.15, 0.2) is 0 Å². The van der Waals surface area contributed by atoms with Gasteiger partial charge in [-0.05, 0) is 27.2 Å². The molecule has 0 aromatic rings. The van der Waals surface area contributed by atoms with E-state index >= 15 is 0 Å². The van der Waals surface area contributed by atoms with E-state index in [1.807, 2.05) is 20.8 Å². The third kappa shape index (κ3) is 5.36. The minimum Gasteiger partial charge on any atom is -0.411 e. The van der Waals surface area contributed by atoms with Crippen molar-refractivity contribution in [1.82, 2.24) is 0 Å². The van der Waals surface area contributed by atoms with Crippen molar-refractivity contribution in [2.24, 2.45) is 15.9 Å². The quantitative estimate of drug-likeness (QED) is 0.395. The zero-order valence-electron chi connectivity index (χ0n) is 8.83. The zero-order valence-corrected chi connectivity index (χ0v) is 8.83. The average molecular weight is 185 g/mol. The minimum atomic E-state index is -0.309. The van der Waals surface area contributed by atoms with Crippen molar-refractivity contribution in [3.05, 3.63) is 0 Å². The third-order valence-electron chi connectivity index (χ3n) is 1.58. The number of rotatable bonds is 4. The van der Waals surface area contributed by atoms with E-state index in [2.05, 4.69) is 10.1 Å². The smallest absolute Gasteiger partial charge is 0.0974 e. The standard InChI is InChI=1S/C9H19N3O/c1-5-8(7(2)12-13)11-6-9(3,4)10/h13H,5-6,10H2,1-4H3/b11-8?,12-7+. The third-order valence-corrected chi connectivity index (χ3v) is 1.58. The molecule has 3 N–H and O–H groups in total. The molecule has 0 aliphatic rings. The van der Waals surface area contributed by atoms with Crippen LogP contribution in [0.1, 0.15) is 34.1 Å². The first-order chi connectivity index (χ1) is 5.90. The highest BCUT2D eigenvalue weighted by Crippen LogP contribution is 1.99. The molecular formula is C9H19N3O. The number of oxime groups is 1. The highest BCUT2D eigenvalue weighted by atomic mass is 16.4. The molecule has 0 amide bonds. The molecule has 0 rings (SSSR count). The summed E-state index contributed by atoms with van der Waals surface area (Å²) in [4.78, 5) is 4.29. The molecule has 0 aliphatic heterocycles. The number of nitrogens with zero attached hydrogens (tertiary/aromatic N) is 2. The first-order valence-electron chi connectivity index (χ1n) is 4.42. The Morgan fingerprint density at radius 2 is 2.00 bits per heavy atom. The molecule has 0 bridgehead atoms. The van der Waals surface area contributed by atoms with Gasteiger partial charge in [-0.1, -0.05) is 12.1 Å². The second kappa shape index (κ2) is 4.97. The van der Waals surface area contributed by atoms with Crippen LogP contribution < -0.4 is 5.73 Å². The normalized spacial score (nSPS) is 14.8. The molecular weight excluding hydrogens is 166 g/mol. The summed E-state index contributed by atoms with van der Waals surface area (Å²) in [5.74, 6) is 0. The lowest BCUT2D eigenvalue weighted by Gasteiger charge is -2.15. The molecule has 0 unspecified atom stereocenters. The van der Waals surface area contributed by atoms with Crippen molar-refractivity contribution < 1.29 is 5.21 Å². The monoisotopic (exact) mass is 185 g/mol. The highest BCUT2D eigenvalue weighted by Gasteiger charge is 2.10. The molecule has 0 radical (unpaired) electrons. The van der Waals surface area contributed by atoms with Gasteiger partial charge in [0.05, 0.1) is 18.0 Å². The Kier molecular flexibility index (Phi) is 4.62. The van der Waals surface area contributed by atoms with Crippen molar-refractivity contribution >= 4 is 11.4 Å². The van der Waals surface area contributed by atoms with E-state index in [-0.39, 0.29) is 5.54 Å². The minimum absolute atomic E-state index is 0.309. The van der Waals surface area contributed by atoms with Crippen LogP contribution in [0.5, 0.6) is 0 Å². The summed E-state index contributed by atoms with van der Waals surface area (Å²) in [5.41, 5.74) is 6.83. The molecule has 4 nitrogen and oxygen atoms in total. The van der Waals surface area contributed by atoms with E-state index in [1.165, 1.54) is 0 Å². The summed E-state index contributed by atoms with van der Waals surface area (Å²) in [7, 11) is 0. The summed E-state index contributed by atoms with van der Waals surface area (Å²) in [6, 6.07) is 0. The molecule has 0 saturated carbocycles. The van der Waals surface area contributed by atoms with Crippen LogP contribution in [0.25, 0.3) is 0 Å². The molecule has 76 valence electrons. The maximum atomic E-state index is 8.54.